The summed E-state index contributed by atoms with van der Waals surface area (Å²) in [6.45, 7) is 8.00. The van der Waals surface area contributed by atoms with Gasteiger partial charge in [-0.1, -0.05) is 34.1 Å². The molecular weight excluding hydrogens is 168 g/mol. The minimum atomic E-state index is 1.19. The van der Waals surface area contributed by atoms with Crippen molar-refractivity contribution in [1.29, 1.82) is 0 Å². The van der Waals surface area contributed by atoms with Crippen molar-refractivity contribution >= 4 is 0 Å². The molecule has 0 saturated heterocycles. The fourth-order valence-corrected chi connectivity index (χ4v) is 4.02. The van der Waals surface area contributed by atoms with Gasteiger partial charge in [0, 0.05) is 0 Å². The molecular formula is C14H28. The SMILES string of the molecule is C1CC2C3CCC(C3)C2C1.CC.CC. The third-order valence-electron chi connectivity index (χ3n) is 4.35. The van der Waals surface area contributed by atoms with Crippen LogP contribution in [0.5, 0.6) is 0 Å². The normalized spacial score (nSPS) is 42.0. The first kappa shape index (κ1) is 12.1. The molecule has 0 N–H and O–H groups in total. The van der Waals surface area contributed by atoms with Crippen LogP contribution in [0.4, 0.5) is 0 Å². The van der Waals surface area contributed by atoms with E-state index in [1.165, 1.54) is 23.7 Å². The van der Waals surface area contributed by atoms with E-state index in [0.29, 0.717) is 0 Å². The zero-order valence-corrected chi connectivity index (χ0v) is 10.6. The van der Waals surface area contributed by atoms with Crippen LogP contribution in [0, 0.1) is 23.7 Å². The molecule has 14 heavy (non-hydrogen) atoms. The molecule has 0 aliphatic heterocycles. The topological polar surface area (TPSA) is 0 Å². The van der Waals surface area contributed by atoms with Crippen LogP contribution in [0.15, 0.2) is 0 Å². The molecule has 4 unspecified atom stereocenters. The van der Waals surface area contributed by atoms with Crippen molar-refractivity contribution in [3.8, 4) is 0 Å². The highest BCUT2D eigenvalue weighted by atomic mass is 14.5. The molecule has 4 atom stereocenters. The molecule has 0 heteroatoms. The van der Waals surface area contributed by atoms with Crippen LogP contribution in [0.1, 0.15) is 66.2 Å². The molecule has 3 aliphatic rings. The minimum Gasteiger partial charge on any atom is -0.0683 e. The Hall–Kier alpha value is 0. The molecule has 3 rings (SSSR count). The second kappa shape index (κ2) is 5.78. The molecule has 3 fully saturated rings. The lowest BCUT2D eigenvalue weighted by Gasteiger charge is -2.23. The van der Waals surface area contributed by atoms with Gasteiger partial charge in [0.15, 0.2) is 0 Å². The summed E-state index contributed by atoms with van der Waals surface area (Å²) in [4.78, 5) is 0. The zero-order chi connectivity index (χ0) is 10.6. The van der Waals surface area contributed by atoms with Crippen LogP contribution in [-0.4, -0.2) is 0 Å². The third-order valence-corrected chi connectivity index (χ3v) is 4.35. The summed E-state index contributed by atoms with van der Waals surface area (Å²) in [6, 6.07) is 0. The molecule has 3 saturated carbocycles. The maximum absolute atomic E-state index is 2.00. The van der Waals surface area contributed by atoms with Crippen LogP contribution >= 0.6 is 0 Å². The first-order chi connectivity index (χ1) is 6.95. The summed E-state index contributed by atoms with van der Waals surface area (Å²) >= 11 is 0. The monoisotopic (exact) mass is 196 g/mol. The van der Waals surface area contributed by atoms with Crippen molar-refractivity contribution in [2.75, 3.05) is 0 Å². The van der Waals surface area contributed by atoms with Crippen LogP contribution < -0.4 is 0 Å². The summed E-state index contributed by atoms with van der Waals surface area (Å²) < 4.78 is 0. The van der Waals surface area contributed by atoms with E-state index >= 15 is 0 Å². The Labute approximate surface area is 90.5 Å². The molecule has 0 nitrogen and oxygen atoms in total. The summed E-state index contributed by atoms with van der Waals surface area (Å²) in [5.74, 6) is 4.80. The van der Waals surface area contributed by atoms with E-state index in [0.717, 1.165) is 0 Å². The predicted molar refractivity (Wildman–Crippen MR) is 64.4 cm³/mol. The standard InChI is InChI=1S/C10H16.2C2H6/c1-2-9-7-4-5-8(6-7)10(9)3-1;2*1-2/h7-10H,1-6H2;2*1-2H3. The van der Waals surface area contributed by atoms with E-state index < -0.39 is 0 Å². The average Bonchev–Trinajstić information content (AvgIpc) is 2.97. The van der Waals surface area contributed by atoms with Gasteiger partial charge >= 0.3 is 0 Å². The number of hydrogen-bond donors (Lipinski definition) is 0. The van der Waals surface area contributed by atoms with Crippen LogP contribution in [0.25, 0.3) is 0 Å². The van der Waals surface area contributed by atoms with Gasteiger partial charge in [0.05, 0.1) is 0 Å². The largest absolute Gasteiger partial charge is 0.0683 e. The van der Waals surface area contributed by atoms with Gasteiger partial charge < -0.3 is 0 Å². The van der Waals surface area contributed by atoms with Gasteiger partial charge in [0.2, 0.25) is 0 Å². The molecule has 0 radical (unpaired) electrons. The lowest BCUT2D eigenvalue weighted by atomic mass is 9.82. The Bertz CT molecular complexity index is 134. The highest BCUT2D eigenvalue weighted by Crippen LogP contribution is 2.58. The summed E-state index contributed by atoms with van der Waals surface area (Å²) in [5.41, 5.74) is 0. The van der Waals surface area contributed by atoms with Crippen molar-refractivity contribution < 1.29 is 0 Å². The summed E-state index contributed by atoms with van der Waals surface area (Å²) in [5, 5.41) is 0. The van der Waals surface area contributed by atoms with Gasteiger partial charge in [0.1, 0.15) is 0 Å². The first-order valence-electron chi connectivity index (χ1n) is 6.95. The van der Waals surface area contributed by atoms with Crippen LogP contribution in [0.3, 0.4) is 0 Å². The van der Waals surface area contributed by atoms with E-state index in [2.05, 4.69) is 0 Å². The Morgan fingerprint density at radius 2 is 1.07 bits per heavy atom. The third kappa shape index (κ3) is 1.99. The predicted octanol–water partition coefficient (Wildman–Crippen LogP) is 4.89. The van der Waals surface area contributed by atoms with Gasteiger partial charge in [-0.3, -0.25) is 0 Å². The van der Waals surface area contributed by atoms with E-state index in [1.54, 1.807) is 38.5 Å². The highest BCUT2D eigenvalue weighted by molar-refractivity contribution is 4.98. The molecule has 0 aromatic carbocycles. The second-order valence-corrected chi connectivity index (χ2v) is 4.59. The minimum absolute atomic E-state index is 1.19. The fourth-order valence-electron chi connectivity index (χ4n) is 4.02. The van der Waals surface area contributed by atoms with Crippen molar-refractivity contribution in [2.24, 2.45) is 23.7 Å². The van der Waals surface area contributed by atoms with E-state index in [-0.39, 0.29) is 0 Å². The number of hydrogen-bond acceptors (Lipinski definition) is 0. The summed E-state index contributed by atoms with van der Waals surface area (Å²) in [7, 11) is 0. The van der Waals surface area contributed by atoms with Gasteiger partial charge in [-0.15, -0.1) is 0 Å². The molecule has 0 spiro atoms. The lowest BCUT2D eigenvalue weighted by molar-refractivity contribution is 0.259. The van der Waals surface area contributed by atoms with Crippen molar-refractivity contribution in [1.82, 2.24) is 0 Å². The first-order valence-corrected chi connectivity index (χ1v) is 6.95. The smallest absolute Gasteiger partial charge is 0.0355 e. The van der Waals surface area contributed by atoms with E-state index in [9.17, 15) is 0 Å². The number of rotatable bonds is 0. The molecule has 2 bridgehead atoms. The molecule has 3 aliphatic carbocycles. The van der Waals surface area contributed by atoms with E-state index in [4.69, 9.17) is 0 Å². The quantitative estimate of drug-likeness (QED) is 0.518. The number of fused-ring (bicyclic) bond motifs is 5. The molecule has 0 aromatic heterocycles. The average molecular weight is 196 g/mol. The Morgan fingerprint density at radius 1 is 0.643 bits per heavy atom. The highest BCUT2D eigenvalue weighted by Gasteiger charge is 2.48. The van der Waals surface area contributed by atoms with E-state index in [1.807, 2.05) is 27.7 Å². The van der Waals surface area contributed by atoms with Crippen molar-refractivity contribution in [2.45, 2.75) is 66.2 Å². The maximum Gasteiger partial charge on any atom is -0.0355 e. The maximum atomic E-state index is 2.00. The fraction of sp³-hybridized carbons (Fsp3) is 1.00. The van der Waals surface area contributed by atoms with Crippen LogP contribution in [0.2, 0.25) is 0 Å². The van der Waals surface area contributed by atoms with Crippen molar-refractivity contribution in [3.05, 3.63) is 0 Å². The van der Waals surface area contributed by atoms with Gasteiger partial charge in [-0.25, -0.2) is 0 Å². The zero-order valence-electron chi connectivity index (χ0n) is 10.6. The lowest BCUT2D eigenvalue weighted by Crippen LogP contribution is -2.15. The Kier molecular flexibility index (Phi) is 4.98. The molecule has 0 amide bonds. The van der Waals surface area contributed by atoms with Gasteiger partial charge in [0.25, 0.3) is 0 Å². The molecule has 0 aromatic rings. The van der Waals surface area contributed by atoms with Gasteiger partial charge in [-0.05, 0) is 55.8 Å². The Balaban J connectivity index is 0.000000222. The Morgan fingerprint density at radius 3 is 1.50 bits per heavy atom. The van der Waals surface area contributed by atoms with Crippen LogP contribution in [-0.2, 0) is 0 Å². The van der Waals surface area contributed by atoms with Gasteiger partial charge in [-0.2, -0.15) is 0 Å². The second-order valence-electron chi connectivity index (χ2n) is 4.59. The molecule has 84 valence electrons. The van der Waals surface area contributed by atoms with Crippen molar-refractivity contribution in [3.63, 3.8) is 0 Å². The molecule has 0 heterocycles. The summed E-state index contributed by atoms with van der Waals surface area (Å²) in [6.07, 6.45) is 9.53.